The third-order valence-electron chi connectivity index (χ3n) is 3.81. The van der Waals surface area contributed by atoms with Gasteiger partial charge in [-0.25, -0.2) is 4.79 Å². The van der Waals surface area contributed by atoms with Crippen molar-refractivity contribution in [3.8, 4) is 0 Å². The molecule has 2 aliphatic rings. The Morgan fingerprint density at radius 1 is 1.12 bits per heavy atom. The summed E-state index contributed by atoms with van der Waals surface area (Å²) in [5.74, 6) is 0. The van der Waals surface area contributed by atoms with Gasteiger partial charge >= 0.3 is 6.09 Å². The average molecular weight is 261 g/mol. The van der Waals surface area contributed by atoms with Gasteiger partial charge in [0, 0.05) is 19.1 Å². The number of halogens is 1. The first kappa shape index (κ1) is 13.0. The molecule has 98 valence electrons. The highest BCUT2D eigenvalue weighted by Gasteiger charge is 2.27. The second kappa shape index (κ2) is 6.45. The van der Waals surface area contributed by atoms with E-state index < -0.39 is 0 Å². The number of hydrogen-bond acceptors (Lipinski definition) is 3. The number of rotatable bonds is 2. The van der Waals surface area contributed by atoms with E-state index in [1.54, 1.807) is 4.90 Å². The molecule has 17 heavy (non-hydrogen) atoms. The summed E-state index contributed by atoms with van der Waals surface area (Å²) in [5.41, 5.74) is 0. The third kappa shape index (κ3) is 3.49. The first-order chi connectivity index (χ1) is 8.31. The van der Waals surface area contributed by atoms with Gasteiger partial charge in [0.25, 0.3) is 0 Å². The Morgan fingerprint density at radius 3 is 2.35 bits per heavy atom. The number of piperidine rings is 2. The fraction of sp³-hybridized carbons (Fsp3) is 0.917. The molecule has 0 aliphatic carbocycles. The van der Waals surface area contributed by atoms with Crippen molar-refractivity contribution < 1.29 is 9.53 Å². The van der Waals surface area contributed by atoms with Crippen LogP contribution in [-0.2, 0) is 4.74 Å². The lowest BCUT2D eigenvalue weighted by atomic mass is 10.0. The molecule has 0 atom stereocenters. The van der Waals surface area contributed by atoms with Crippen molar-refractivity contribution in [2.75, 3.05) is 32.2 Å². The maximum absolute atomic E-state index is 11.5. The van der Waals surface area contributed by atoms with Crippen LogP contribution in [-0.4, -0.2) is 54.2 Å². The molecule has 0 saturated carbocycles. The molecule has 4 nitrogen and oxygen atoms in total. The summed E-state index contributed by atoms with van der Waals surface area (Å²) in [6.45, 7) is 4.07. The van der Waals surface area contributed by atoms with Crippen LogP contribution < -0.4 is 0 Å². The zero-order valence-corrected chi connectivity index (χ0v) is 11.0. The van der Waals surface area contributed by atoms with Gasteiger partial charge in [0.1, 0.15) is 0 Å². The van der Waals surface area contributed by atoms with Crippen molar-refractivity contribution in [1.82, 2.24) is 9.80 Å². The highest BCUT2D eigenvalue weighted by Crippen LogP contribution is 2.21. The predicted molar refractivity (Wildman–Crippen MR) is 67.2 cm³/mol. The highest BCUT2D eigenvalue weighted by molar-refractivity contribution is 6.17. The Bertz CT molecular complexity index is 249. The molecule has 0 aromatic heterocycles. The van der Waals surface area contributed by atoms with Crippen LogP contribution in [0.1, 0.15) is 32.1 Å². The topological polar surface area (TPSA) is 32.8 Å². The molecule has 2 fully saturated rings. The molecule has 5 heteroatoms. The van der Waals surface area contributed by atoms with Crippen LogP contribution in [0.15, 0.2) is 0 Å². The van der Waals surface area contributed by atoms with Gasteiger partial charge in [0.2, 0.25) is 0 Å². The average Bonchev–Trinajstić information content (AvgIpc) is 2.40. The first-order valence-electron chi connectivity index (χ1n) is 6.53. The summed E-state index contributed by atoms with van der Waals surface area (Å²) < 4.78 is 4.80. The van der Waals surface area contributed by atoms with E-state index in [2.05, 4.69) is 4.90 Å². The molecule has 0 bridgehead atoms. The molecule has 0 aromatic carbocycles. The van der Waals surface area contributed by atoms with Gasteiger partial charge in [0.15, 0.2) is 6.07 Å². The van der Waals surface area contributed by atoms with E-state index >= 15 is 0 Å². The molecule has 0 radical (unpaired) electrons. The molecule has 2 heterocycles. The van der Waals surface area contributed by atoms with Crippen molar-refractivity contribution in [1.29, 1.82) is 0 Å². The maximum atomic E-state index is 11.5. The summed E-state index contributed by atoms with van der Waals surface area (Å²) in [6.07, 6.45) is 5.90. The van der Waals surface area contributed by atoms with Crippen molar-refractivity contribution in [2.45, 2.75) is 38.1 Å². The quantitative estimate of drug-likeness (QED) is 0.714. The third-order valence-corrected chi connectivity index (χ3v) is 3.92. The van der Waals surface area contributed by atoms with E-state index in [0.717, 1.165) is 25.9 Å². The molecule has 1 amide bonds. The summed E-state index contributed by atoms with van der Waals surface area (Å²) in [4.78, 5) is 15.8. The highest BCUT2D eigenvalue weighted by atomic mass is 35.5. The van der Waals surface area contributed by atoms with Crippen LogP contribution in [0.5, 0.6) is 0 Å². The Morgan fingerprint density at radius 2 is 1.76 bits per heavy atom. The van der Waals surface area contributed by atoms with Crippen molar-refractivity contribution in [2.24, 2.45) is 0 Å². The minimum Gasteiger partial charge on any atom is -0.433 e. The number of ether oxygens (including phenoxy) is 1. The number of hydrogen-bond donors (Lipinski definition) is 0. The van der Waals surface area contributed by atoms with Gasteiger partial charge in [-0.15, -0.1) is 0 Å². The second-order valence-electron chi connectivity index (χ2n) is 4.83. The van der Waals surface area contributed by atoms with E-state index in [0.29, 0.717) is 6.04 Å². The normalized spacial score (nSPS) is 23.7. The minimum absolute atomic E-state index is 0.0507. The van der Waals surface area contributed by atoms with Crippen LogP contribution in [0.3, 0.4) is 0 Å². The zero-order chi connectivity index (χ0) is 12.1. The first-order valence-corrected chi connectivity index (χ1v) is 7.06. The van der Waals surface area contributed by atoms with Gasteiger partial charge in [-0.05, 0) is 38.8 Å². The standard InChI is InChI=1S/C12H21ClN2O2/c13-10-17-12(16)15-8-4-11(5-9-15)14-6-2-1-3-7-14/h11H,1-10H2. The summed E-state index contributed by atoms with van der Waals surface area (Å²) in [7, 11) is 0. The fourth-order valence-electron chi connectivity index (χ4n) is 2.84. The van der Waals surface area contributed by atoms with E-state index in [1.807, 2.05) is 0 Å². The zero-order valence-electron chi connectivity index (χ0n) is 10.2. The summed E-state index contributed by atoms with van der Waals surface area (Å²) >= 11 is 5.39. The second-order valence-corrected chi connectivity index (χ2v) is 5.05. The van der Waals surface area contributed by atoms with Crippen molar-refractivity contribution in [3.05, 3.63) is 0 Å². The predicted octanol–water partition coefficient (Wildman–Crippen LogP) is 2.27. The fourth-order valence-corrected chi connectivity index (χ4v) is 2.93. The monoisotopic (exact) mass is 260 g/mol. The van der Waals surface area contributed by atoms with Gasteiger partial charge in [-0.2, -0.15) is 0 Å². The number of amides is 1. The number of carbonyl (C=O) groups excluding carboxylic acids is 1. The lowest BCUT2D eigenvalue weighted by Gasteiger charge is -2.39. The van der Waals surface area contributed by atoms with Crippen LogP contribution in [0, 0.1) is 0 Å². The van der Waals surface area contributed by atoms with Gasteiger partial charge < -0.3 is 14.5 Å². The van der Waals surface area contributed by atoms with Gasteiger partial charge in [0.05, 0.1) is 0 Å². The molecule has 0 unspecified atom stereocenters. The smallest absolute Gasteiger partial charge is 0.410 e. The van der Waals surface area contributed by atoms with Crippen LogP contribution >= 0.6 is 11.6 Å². The molecule has 0 aromatic rings. The molecule has 0 spiro atoms. The molecule has 2 rings (SSSR count). The Labute approximate surface area is 108 Å². The van der Waals surface area contributed by atoms with Crippen molar-refractivity contribution in [3.63, 3.8) is 0 Å². The number of carbonyl (C=O) groups is 1. The Balaban J connectivity index is 1.75. The van der Waals surface area contributed by atoms with Gasteiger partial charge in [-0.3, -0.25) is 0 Å². The SMILES string of the molecule is O=C(OCCl)N1CCC(N2CCCCC2)CC1. The summed E-state index contributed by atoms with van der Waals surface area (Å²) in [5, 5.41) is 0. The summed E-state index contributed by atoms with van der Waals surface area (Å²) in [6, 6.07) is 0.612. The lowest BCUT2D eigenvalue weighted by molar-refractivity contribution is 0.0736. The van der Waals surface area contributed by atoms with Crippen LogP contribution in [0.25, 0.3) is 0 Å². The Kier molecular flexibility index (Phi) is 4.92. The Hall–Kier alpha value is -0.480. The lowest BCUT2D eigenvalue weighted by Crippen LogP contribution is -2.48. The van der Waals surface area contributed by atoms with E-state index in [-0.39, 0.29) is 12.2 Å². The van der Waals surface area contributed by atoms with Gasteiger partial charge in [-0.1, -0.05) is 18.0 Å². The van der Waals surface area contributed by atoms with E-state index in [1.165, 1.54) is 32.4 Å². The van der Waals surface area contributed by atoms with Crippen LogP contribution in [0.2, 0.25) is 0 Å². The molecule has 0 N–H and O–H groups in total. The number of nitrogens with zero attached hydrogens (tertiary/aromatic N) is 2. The minimum atomic E-state index is -0.267. The molecular weight excluding hydrogens is 240 g/mol. The van der Waals surface area contributed by atoms with Crippen LogP contribution in [0.4, 0.5) is 4.79 Å². The van der Waals surface area contributed by atoms with E-state index in [9.17, 15) is 4.79 Å². The molecule has 2 aliphatic heterocycles. The largest absolute Gasteiger partial charge is 0.433 e. The van der Waals surface area contributed by atoms with E-state index in [4.69, 9.17) is 16.3 Å². The molecule has 2 saturated heterocycles. The number of likely N-dealkylation sites (tertiary alicyclic amines) is 2. The number of alkyl halides is 1. The van der Waals surface area contributed by atoms with Crippen molar-refractivity contribution >= 4 is 17.7 Å². The molecular formula is C12H21ClN2O2. The maximum Gasteiger partial charge on any atom is 0.410 e.